The Balaban J connectivity index is 1.92. The van der Waals surface area contributed by atoms with Gasteiger partial charge in [-0.2, -0.15) is 11.8 Å². The molecule has 1 heterocycles. The van der Waals surface area contributed by atoms with Gasteiger partial charge in [-0.25, -0.2) is 0 Å². The highest BCUT2D eigenvalue weighted by atomic mass is 32.2. The lowest BCUT2D eigenvalue weighted by atomic mass is 9.70. The van der Waals surface area contributed by atoms with Crippen LogP contribution in [0.4, 0.5) is 0 Å². The quantitative estimate of drug-likeness (QED) is 0.834. The van der Waals surface area contributed by atoms with Gasteiger partial charge in [0.05, 0.1) is 0 Å². The second-order valence-corrected chi connectivity index (χ2v) is 7.93. The number of hydrogen-bond donors (Lipinski definition) is 1. The standard InChI is InChI=1S/C16H32N2S/c1-3-17-13-16(7-5-15(2)6-8-16)14-18-9-4-11-19-12-10-18/h15,17H,3-14H2,1-2H3. The van der Waals surface area contributed by atoms with Crippen molar-refractivity contribution >= 4 is 11.8 Å². The van der Waals surface area contributed by atoms with E-state index in [1.165, 1.54) is 69.8 Å². The number of hydrogen-bond acceptors (Lipinski definition) is 3. The Bertz CT molecular complexity index is 236. The van der Waals surface area contributed by atoms with E-state index in [2.05, 4.69) is 35.8 Å². The Kier molecular flexibility index (Phi) is 6.51. The molecule has 1 N–H and O–H groups in total. The van der Waals surface area contributed by atoms with Gasteiger partial charge in [-0.1, -0.05) is 26.7 Å². The summed E-state index contributed by atoms with van der Waals surface area (Å²) in [4.78, 5) is 2.76. The number of nitrogens with zero attached hydrogens (tertiary/aromatic N) is 1. The Morgan fingerprint density at radius 1 is 1.21 bits per heavy atom. The monoisotopic (exact) mass is 284 g/mol. The summed E-state index contributed by atoms with van der Waals surface area (Å²) >= 11 is 2.14. The number of nitrogens with one attached hydrogen (secondary N) is 1. The van der Waals surface area contributed by atoms with Crippen molar-refractivity contribution in [2.75, 3.05) is 44.2 Å². The van der Waals surface area contributed by atoms with Crippen molar-refractivity contribution in [2.24, 2.45) is 11.3 Å². The molecule has 0 radical (unpaired) electrons. The fourth-order valence-electron chi connectivity index (χ4n) is 3.59. The molecule has 0 aromatic heterocycles. The van der Waals surface area contributed by atoms with E-state index in [0.29, 0.717) is 5.41 Å². The van der Waals surface area contributed by atoms with Gasteiger partial charge >= 0.3 is 0 Å². The van der Waals surface area contributed by atoms with Crippen LogP contribution in [-0.2, 0) is 0 Å². The third kappa shape index (κ3) is 4.95. The molecule has 0 spiro atoms. The van der Waals surface area contributed by atoms with Gasteiger partial charge in [0.1, 0.15) is 0 Å². The van der Waals surface area contributed by atoms with Crippen molar-refractivity contribution < 1.29 is 0 Å². The highest BCUT2D eigenvalue weighted by molar-refractivity contribution is 7.99. The Hall–Kier alpha value is 0.270. The highest BCUT2D eigenvalue weighted by Crippen LogP contribution is 2.39. The van der Waals surface area contributed by atoms with E-state index in [9.17, 15) is 0 Å². The van der Waals surface area contributed by atoms with E-state index in [1.54, 1.807) is 0 Å². The van der Waals surface area contributed by atoms with Crippen molar-refractivity contribution in [3.63, 3.8) is 0 Å². The lowest BCUT2D eigenvalue weighted by Crippen LogP contribution is -2.46. The van der Waals surface area contributed by atoms with Gasteiger partial charge in [0.2, 0.25) is 0 Å². The van der Waals surface area contributed by atoms with Crippen molar-refractivity contribution in [1.29, 1.82) is 0 Å². The minimum absolute atomic E-state index is 0.567. The smallest absolute Gasteiger partial charge is 0.00726 e. The van der Waals surface area contributed by atoms with Crippen LogP contribution >= 0.6 is 11.8 Å². The van der Waals surface area contributed by atoms with E-state index in [-0.39, 0.29) is 0 Å². The normalized spacial score (nSPS) is 34.1. The first kappa shape index (κ1) is 15.7. The Labute approximate surface area is 124 Å². The maximum Gasteiger partial charge on any atom is 0.00726 e. The third-order valence-electron chi connectivity index (χ3n) is 4.96. The molecule has 2 nitrogen and oxygen atoms in total. The van der Waals surface area contributed by atoms with Gasteiger partial charge in [-0.15, -0.1) is 0 Å². The average molecular weight is 285 g/mol. The van der Waals surface area contributed by atoms with E-state index in [4.69, 9.17) is 0 Å². The second-order valence-electron chi connectivity index (χ2n) is 6.70. The summed E-state index contributed by atoms with van der Waals surface area (Å²) in [6.45, 7) is 11.0. The Morgan fingerprint density at radius 2 is 2.00 bits per heavy atom. The zero-order valence-corrected chi connectivity index (χ0v) is 13.7. The molecular weight excluding hydrogens is 252 g/mol. The van der Waals surface area contributed by atoms with E-state index in [0.717, 1.165) is 12.5 Å². The predicted molar refractivity (Wildman–Crippen MR) is 87.0 cm³/mol. The minimum atomic E-state index is 0.567. The van der Waals surface area contributed by atoms with Crippen LogP contribution in [0.2, 0.25) is 0 Å². The molecule has 3 heteroatoms. The molecule has 0 unspecified atom stereocenters. The van der Waals surface area contributed by atoms with Crippen LogP contribution < -0.4 is 5.32 Å². The molecule has 0 atom stereocenters. The van der Waals surface area contributed by atoms with Crippen LogP contribution in [0.1, 0.15) is 46.0 Å². The van der Waals surface area contributed by atoms with E-state index < -0.39 is 0 Å². The molecule has 0 amide bonds. The van der Waals surface area contributed by atoms with Crippen LogP contribution in [-0.4, -0.2) is 49.1 Å². The molecule has 1 saturated carbocycles. The molecule has 2 aliphatic rings. The summed E-state index contributed by atoms with van der Waals surface area (Å²) in [6.07, 6.45) is 7.13. The first-order chi connectivity index (χ1) is 9.24. The minimum Gasteiger partial charge on any atom is -0.316 e. The van der Waals surface area contributed by atoms with Gasteiger partial charge in [-0.3, -0.25) is 0 Å². The number of rotatable bonds is 5. The van der Waals surface area contributed by atoms with Crippen molar-refractivity contribution in [2.45, 2.75) is 46.0 Å². The molecule has 0 aromatic carbocycles. The molecule has 2 fully saturated rings. The maximum absolute atomic E-state index is 3.65. The molecule has 0 bridgehead atoms. The van der Waals surface area contributed by atoms with Gasteiger partial charge < -0.3 is 10.2 Å². The summed E-state index contributed by atoms with van der Waals surface area (Å²) < 4.78 is 0. The summed E-state index contributed by atoms with van der Waals surface area (Å²) in [5.74, 6) is 3.66. The molecule has 1 saturated heterocycles. The fourth-order valence-corrected chi connectivity index (χ4v) is 4.51. The molecule has 2 rings (SSSR count). The van der Waals surface area contributed by atoms with Crippen molar-refractivity contribution in [3.05, 3.63) is 0 Å². The van der Waals surface area contributed by atoms with E-state index in [1.807, 2.05) is 0 Å². The topological polar surface area (TPSA) is 15.3 Å². The van der Waals surface area contributed by atoms with Gasteiger partial charge in [0.25, 0.3) is 0 Å². The first-order valence-electron chi connectivity index (χ1n) is 8.25. The molecule has 1 aliphatic carbocycles. The maximum atomic E-state index is 3.65. The molecule has 19 heavy (non-hydrogen) atoms. The third-order valence-corrected chi connectivity index (χ3v) is 6.01. The van der Waals surface area contributed by atoms with Crippen molar-refractivity contribution in [3.8, 4) is 0 Å². The molecule has 112 valence electrons. The van der Waals surface area contributed by atoms with Gasteiger partial charge in [0, 0.05) is 25.4 Å². The van der Waals surface area contributed by atoms with Crippen LogP contribution in [0.25, 0.3) is 0 Å². The van der Waals surface area contributed by atoms with E-state index >= 15 is 0 Å². The Morgan fingerprint density at radius 3 is 2.74 bits per heavy atom. The SMILES string of the molecule is CCNCC1(CN2CCCSCC2)CCC(C)CC1. The van der Waals surface area contributed by atoms with Gasteiger partial charge in [0.15, 0.2) is 0 Å². The number of thioether (sulfide) groups is 1. The van der Waals surface area contributed by atoms with Crippen LogP contribution in [0, 0.1) is 11.3 Å². The predicted octanol–water partition coefficient (Wildman–Crippen LogP) is 3.23. The average Bonchev–Trinajstić information content (AvgIpc) is 2.68. The summed E-state index contributed by atoms with van der Waals surface area (Å²) in [5, 5.41) is 3.65. The van der Waals surface area contributed by atoms with Crippen LogP contribution in [0.5, 0.6) is 0 Å². The van der Waals surface area contributed by atoms with Crippen molar-refractivity contribution in [1.82, 2.24) is 10.2 Å². The van der Waals surface area contributed by atoms with Gasteiger partial charge in [-0.05, 0) is 49.4 Å². The largest absolute Gasteiger partial charge is 0.316 e. The molecular formula is C16H32N2S. The highest BCUT2D eigenvalue weighted by Gasteiger charge is 2.35. The first-order valence-corrected chi connectivity index (χ1v) is 9.40. The zero-order chi connectivity index (χ0) is 13.6. The lowest BCUT2D eigenvalue weighted by Gasteiger charge is -2.43. The van der Waals surface area contributed by atoms with Crippen LogP contribution in [0.3, 0.4) is 0 Å². The fraction of sp³-hybridized carbons (Fsp3) is 1.00. The molecule has 0 aromatic rings. The lowest BCUT2D eigenvalue weighted by molar-refractivity contribution is 0.0907. The summed E-state index contributed by atoms with van der Waals surface area (Å²) in [5.41, 5.74) is 0.567. The van der Waals surface area contributed by atoms with Crippen LogP contribution in [0.15, 0.2) is 0 Å². The molecule has 1 aliphatic heterocycles. The summed E-state index contributed by atoms with van der Waals surface area (Å²) in [7, 11) is 0. The second kappa shape index (κ2) is 7.90. The zero-order valence-electron chi connectivity index (χ0n) is 12.9. The summed E-state index contributed by atoms with van der Waals surface area (Å²) in [6, 6.07) is 0.